The molecule has 0 unspecified atom stereocenters. The molecule has 0 fully saturated rings. The molecule has 1 heterocycles. The molecule has 0 atom stereocenters. The summed E-state index contributed by atoms with van der Waals surface area (Å²) in [6.07, 6.45) is 4.13. The van der Waals surface area contributed by atoms with E-state index in [1.165, 1.54) is 11.3 Å². The molecular formula is C11H19N5. The Hall–Kier alpha value is -1.20. The molecule has 0 radical (unpaired) electrons. The van der Waals surface area contributed by atoms with Crippen molar-refractivity contribution in [2.75, 3.05) is 26.1 Å². The van der Waals surface area contributed by atoms with Gasteiger partial charge in [-0.05, 0) is 33.4 Å². The molecule has 2 rings (SSSR count). The minimum atomic E-state index is 0.816. The number of hydrogen-bond acceptors (Lipinski definition) is 5. The third kappa shape index (κ3) is 2.31. The van der Waals surface area contributed by atoms with Crippen molar-refractivity contribution in [1.82, 2.24) is 14.9 Å². The van der Waals surface area contributed by atoms with E-state index in [9.17, 15) is 0 Å². The minimum Gasteiger partial charge on any atom is -0.309 e. The van der Waals surface area contributed by atoms with Crippen LogP contribution < -0.4 is 11.3 Å². The molecule has 0 saturated carbocycles. The lowest BCUT2D eigenvalue weighted by atomic mass is 10.2. The van der Waals surface area contributed by atoms with E-state index in [0.717, 1.165) is 43.9 Å². The van der Waals surface area contributed by atoms with Gasteiger partial charge in [-0.2, -0.15) is 0 Å². The summed E-state index contributed by atoms with van der Waals surface area (Å²) in [7, 11) is 4.10. The fourth-order valence-electron chi connectivity index (χ4n) is 2.04. The van der Waals surface area contributed by atoms with Crippen LogP contribution in [0.25, 0.3) is 0 Å². The SMILES string of the molecule is CN(C)CCc1nc2c(c(NN)n1)CCC2. The van der Waals surface area contributed by atoms with E-state index < -0.39 is 0 Å². The number of nitrogens with zero attached hydrogens (tertiary/aromatic N) is 3. The van der Waals surface area contributed by atoms with Crippen molar-refractivity contribution >= 4 is 5.82 Å². The lowest BCUT2D eigenvalue weighted by Crippen LogP contribution is -2.18. The number of nitrogens with two attached hydrogens (primary N) is 1. The topological polar surface area (TPSA) is 67.1 Å². The Bertz CT molecular complexity index is 375. The van der Waals surface area contributed by atoms with E-state index in [1.807, 2.05) is 0 Å². The molecule has 16 heavy (non-hydrogen) atoms. The molecule has 1 aromatic rings. The summed E-state index contributed by atoms with van der Waals surface area (Å²) in [6, 6.07) is 0. The molecule has 0 aliphatic heterocycles. The van der Waals surface area contributed by atoms with Crippen LogP contribution in [0.3, 0.4) is 0 Å². The number of hydrogen-bond donors (Lipinski definition) is 2. The molecular weight excluding hydrogens is 202 g/mol. The molecule has 1 aliphatic carbocycles. The van der Waals surface area contributed by atoms with Crippen molar-refractivity contribution in [3.05, 3.63) is 17.1 Å². The van der Waals surface area contributed by atoms with Gasteiger partial charge < -0.3 is 10.3 Å². The molecule has 88 valence electrons. The number of rotatable bonds is 4. The summed E-state index contributed by atoms with van der Waals surface area (Å²) in [6.45, 7) is 0.961. The third-order valence-corrected chi connectivity index (χ3v) is 2.90. The molecule has 1 aliphatic rings. The van der Waals surface area contributed by atoms with Crippen LogP contribution >= 0.6 is 0 Å². The van der Waals surface area contributed by atoms with Crippen LogP contribution in [0, 0.1) is 0 Å². The highest BCUT2D eigenvalue weighted by Crippen LogP contribution is 2.25. The Kier molecular flexibility index (Phi) is 3.36. The molecule has 0 amide bonds. The quantitative estimate of drug-likeness (QED) is 0.567. The second kappa shape index (κ2) is 4.76. The molecule has 0 saturated heterocycles. The first-order valence-corrected chi connectivity index (χ1v) is 5.70. The van der Waals surface area contributed by atoms with Gasteiger partial charge in [0.1, 0.15) is 11.6 Å². The fourth-order valence-corrected chi connectivity index (χ4v) is 2.04. The normalized spacial score (nSPS) is 14.2. The number of likely N-dealkylation sites (N-methyl/N-ethyl adjacent to an activating group) is 1. The van der Waals surface area contributed by atoms with Gasteiger partial charge in [0.05, 0.1) is 0 Å². The highest BCUT2D eigenvalue weighted by Gasteiger charge is 2.18. The third-order valence-electron chi connectivity index (χ3n) is 2.90. The first kappa shape index (κ1) is 11.3. The van der Waals surface area contributed by atoms with Crippen molar-refractivity contribution in [1.29, 1.82) is 0 Å². The Labute approximate surface area is 96.0 Å². The summed E-state index contributed by atoms with van der Waals surface area (Å²) in [5.41, 5.74) is 5.07. The van der Waals surface area contributed by atoms with Gasteiger partial charge in [-0.3, -0.25) is 0 Å². The zero-order valence-electron chi connectivity index (χ0n) is 9.95. The number of nitrogen functional groups attached to an aromatic ring is 1. The van der Waals surface area contributed by atoms with E-state index in [0.29, 0.717) is 0 Å². The molecule has 3 N–H and O–H groups in total. The van der Waals surface area contributed by atoms with Gasteiger partial charge in [-0.15, -0.1) is 0 Å². The van der Waals surface area contributed by atoms with Crippen LogP contribution in [0.2, 0.25) is 0 Å². The van der Waals surface area contributed by atoms with Crippen molar-refractivity contribution in [2.45, 2.75) is 25.7 Å². The van der Waals surface area contributed by atoms with Crippen molar-refractivity contribution in [3.8, 4) is 0 Å². The summed E-state index contributed by atoms with van der Waals surface area (Å²) in [5.74, 6) is 7.20. The standard InChI is InChI=1S/C11H19N5/c1-16(2)7-6-10-13-9-5-3-4-8(9)11(14-10)15-12/h3-7,12H2,1-2H3,(H,13,14,15). The fraction of sp³-hybridized carbons (Fsp3) is 0.636. The zero-order valence-corrected chi connectivity index (χ0v) is 9.95. The lowest BCUT2D eigenvalue weighted by molar-refractivity contribution is 0.409. The summed E-state index contributed by atoms with van der Waals surface area (Å²) < 4.78 is 0. The molecule has 5 heteroatoms. The highest BCUT2D eigenvalue weighted by atomic mass is 15.3. The van der Waals surface area contributed by atoms with Crippen LogP contribution in [0.4, 0.5) is 5.82 Å². The first-order valence-electron chi connectivity index (χ1n) is 5.70. The molecule has 0 spiro atoms. The monoisotopic (exact) mass is 221 g/mol. The predicted octanol–water partition coefficient (Wildman–Crippen LogP) is 0.355. The van der Waals surface area contributed by atoms with Crippen molar-refractivity contribution < 1.29 is 0 Å². The van der Waals surface area contributed by atoms with Crippen LogP contribution in [-0.2, 0) is 19.3 Å². The number of aromatic nitrogens is 2. The van der Waals surface area contributed by atoms with E-state index in [4.69, 9.17) is 5.84 Å². The van der Waals surface area contributed by atoms with Gasteiger partial charge in [-0.1, -0.05) is 0 Å². The van der Waals surface area contributed by atoms with E-state index >= 15 is 0 Å². The maximum Gasteiger partial charge on any atom is 0.147 e. The Morgan fingerprint density at radius 2 is 2.12 bits per heavy atom. The summed E-state index contributed by atoms with van der Waals surface area (Å²) >= 11 is 0. The van der Waals surface area contributed by atoms with Crippen LogP contribution in [0.5, 0.6) is 0 Å². The van der Waals surface area contributed by atoms with E-state index in [1.54, 1.807) is 0 Å². The largest absolute Gasteiger partial charge is 0.309 e. The van der Waals surface area contributed by atoms with Gasteiger partial charge in [0.2, 0.25) is 0 Å². The Morgan fingerprint density at radius 1 is 1.31 bits per heavy atom. The van der Waals surface area contributed by atoms with Gasteiger partial charge in [-0.25, -0.2) is 15.8 Å². The second-order valence-electron chi connectivity index (χ2n) is 4.46. The second-order valence-corrected chi connectivity index (χ2v) is 4.46. The van der Waals surface area contributed by atoms with Gasteiger partial charge in [0.25, 0.3) is 0 Å². The van der Waals surface area contributed by atoms with E-state index in [2.05, 4.69) is 34.4 Å². The average molecular weight is 221 g/mol. The molecule has 0 bridgehead atoms. The summed E-state index contributed by atoms with van der Waals surface area (Å²) in [5, 5.41) is 0. The highest BCUT2D eigenvalue weighted by molar-refractivity contribution is 5.47. The zero-order chi connectivity index (χ0) is 11.5. The van der Waals surface area contributed by atoms with Gasteiger partial charge in [0, 0.05) is 24.2 Å². The maximum absolute atomic E-state index is 5.50. The number of aryl methyl sites for hydroxylation is 1. The molecule has 0 aromatic carbocycles. The summed E-state index contributed by atoms with van der Waals surface area (Å²) in [4.78, 5) is 11.2. The number of hydrazine groups is 1. The number of fused-ring (bicyclic) bond motifs is 1. The molecule has 5 nitrogen and oxygen atoms in total. The Morgan fingerprint density at radius 3 is 2.81 bits per heavy atom. The smallest absolute Gasteiger partial charge is 0.147 e. The van der Waals surface area contributed by atoms with Crippen molar-refractivity contribution in [2.24, 2.45) is 5.84 Å². The van der Waals surface area contributed by atoms with Crippen molar-refractivity contribution in [3.63, 3.8) is 0 Å². The Balaban J connectivity index is 2.20. The van der Waals surface area contributed by atoms with Gasteiger partial charge in [0.15, 0.2) is 0 Å². The number of nitrogens with one attached hydrogen (secondary N) is 1. The first-order chi connectivity index (χ1) is 7.70. The van der Waals surface area contributed by atoms with Crippen LogP contribution in [0.15, 0.2) is 0 Å². The predicted molar refractivity (Wildman–Crippen MR) is 64.1 cm³/mol. The number of anilines is 1. The van der Waals surface area contributed by atoms with E-state index in [-0.39, 0.29) is 0 Å². The van der Waals surface area contributed by atoms with Crippen LogP contribution in [0.1, 0.15) is 23.5 Å². The average Bonchev–Trinajstić information content (AvgIpc) is 2.73. The lowest BCUT2D eigenvalue weighted by Gasteiger charge is -2.11. The van der Waals surface area contributed by atoms with Crippen LogP contribution in [-0.4, -0.2) is 35.5 Å². The minimum absolute atomic E-state index is 0.816. The molecule has 1 aromatic heterocycles. The maximum atomic E-state index is 5.50. The van der Waals surface area contributed by atoms with Gasteiger partial charge >= 0.3 is 0 Å².